The second-order valence-corrected chi connectivity index (χ2v) is 6.69. The van der Waals surface area contributed by atoms with Gasteiger partial charge < -0.3 is 10.5 Å². The molecule has 2 heterocycles. The first-order chi connectivity index (χ1) is 9.36. The van der Waals surface area contributed by atoms with Gasteiger partial charge in [-0.25, -0.2) is 18.4 Å². The Morgan fingerprint density at radius 2 is 2.05 bits per heavy atom. The SMILES string of the molecule is COc1nc(-c2cnn(S(=O)(=O)C(C)C)c2)cnc1N. The van der Waals surface area contributed by atoms with Gasteiger partial charge in [-0.1, -0.05) is 0 Å². The van der Waals surface area contributed by atoms with E-state index in [0.717, 1.165) is 4.09 Å². The quantitative estimate of drug-likeness (QED) is 0.875. The molecule has 0 fully saturated rings. The molecule has 0 aliphatic carbocycles. The molecule has 0 saturated heterocycles. The average Bonchev–Trinajstić information content (AvgIpc) is 2.89. The van der Waals surface area contributed by atoms with E-state index in [1.165, 1.54) is 25.7 Å². The molecule has 0 bridgehead atoms. The Bertz CT molecular complexity index is 723. The average molecular weight is 297 g/mol. The molecule has 0 aliphatic heterocycles. The fourth-order valence-corrected chi connectivity index (χ4v) is 2.33. The summed E-state index contributed by atoms with van der Waals surface area (Å²) in [5.41, 5.74) is 6.52. The minimum atomic E-state index is -3.49. The van der Waals surface area contributed by atoms with Crippen LogP contribution in [0, 0.1) is 0 Å². The lowest BCUT2D eigenvalue weighted by Crippen LogP contribution is -2.22. The molecule has 20 heavy (non-hydrogen) atoms. The smallest absolute Gasteiger partial charge is 0.257 e. The molecule has 2 N–H and O–H groups in total. The van der Waals surface area contributed by atoms with E-state index in [0.29, 0.717) is 11.3 Å². The normalized spacial score (nSPS) is 11.8. The summed E-state index contributed by atoms with van der Waals surface area (Å²) in [6.45, 7) is 3.17. The van der Waals surface area contributed by atoms with Crippen LogP contribution < -0.4 is 10.5 Å². The first kappa shape index (κ1) is 14.3. The summed E-state index contributed by atoms with van der Waals surface area (Å²) < 4.78 is 29.9. The molecule has 8 nitrogen and oxygen atoms in total. The molecule has 2 aromatic heterocycles. The molecular weight excluding hydrogens is 282 g/mol. The van der Waals surface area contributed by atoms with Gasteiger partial charge in [0.2, 0.25) is 0 Å². The first-order valence-corrected chi connectivity index (χ1v) is 7.32. The van der Waals surface area contributed by atoms with Gasteiger partial charge in [0.1, 0.15) is 0 Å². The van der Waals surface area contributed by atoms with Gasteiger partial charge in [0.25, 0.3) is 15.9 Å². The summed E-state index contributed by atoms with van der Waals surface area (Å²) in [7, 11) is -2.06. The summed E-state index contributed by atoms with van der Waals surface area (Å²) >= 11 is 0. The number of nitrogens with two attached hydrogens (primary N) is 1. The van der Waals surface area contributed by atoms with Gasteiger partial charge in [-0.2, -0.15) is 9.19 Å². The zero-order valence-electron chi connectivity index (χ0n) is 11.3. The standard InChI is InChI=1S/C11H15N5O3S/c1-7(2)20(17,18)16-6-8(4-14-16)9-5-13-10(12)11(15-9)19-3/h4-7H,1-3H3,(H2,12,13). The third-order valence-corrected chi connectivity index (χ3v) is 4.59. The molecule has 2 aromatic rings. The third kappa shape index (κ3) is 2.44. The van der Waals surface area contributed by atoms with E-state index in [-0.39, 0.29) is 11.7 Å². The van der Waals surface area contributed by atoms with Gasteiger partial charge in [-0.3, -0.25) is 0 Å². The molecule has 2 rings (SSSR count). The molecular formula is C11H15N5O3S. The van der Waals surface area contributed by atoms with Crippen molar-refractivity contribution >= 4 is 15.8 Å². The van der Waals surface area contributed by atoms with Crippen molar-refractivity contribution in [2.45, 2.75) is 19.1 Å². The zero-order valence-corrected chi connectivity index (χ0v) is 12.1. The predicted octanol–water partition coefficient (Wildman–Crippen LogP) is 0.517. The number of aromatic nitrogens is 4. The molecule has 0 spiro atoms. The lowest BCUT2D eigenvalue weighted by atomic mass is 10.3. The van der Waals surface area contributed by atoms with Crippen LogP contribution in [0.1, 0.15) is 13.8 Å². The van der Waals surface area contributed by atoms with Crippen molar-refractivity contribution in [1.29, 1.82) is 0 Å². The van der Waals surface area contributed by atoms with E-state index in [1.54, 1.807) is 13.8 Å². The Labute approximate surface area is 116 Å². The number of anilines is 1. The maximum absolute atomic E-state index is 12.0. The summed E-state index contributed by atoms with van der Waals surface area (Å²) in [5.74, 6) is 0.348. The lowest BCUT2D eigenvalue weighted by Gasteiger charge is -2.06. The van der Waals surface area contributed by atoms with Crippen molar-refractivity contribution in [3.63, 3.8) is 0 Å². The van der Waals surface area contributed by atoms with Gasteiger partial charge in [0.05, 0.1) is 36.6 Å². The lowest BCUT2D eigenvalue weighted by molar-refractivity contribution is 0.399. The largest absolute Gasteiger partial charge is 0.478 e. The fraction of sp³-hybridized carbons (Fsp3) is 0.364. The van der Waals surface area contributed by atoms with Crippen LogP contribution in [0.3, 0.4) is 0 Å². The van der Waals surface area contributed by atoms with Crippen LogP contribution in [0.5, 0.6) is 5.88 Å². The van der Waals surface area contributed by atoms with Gasteiger partial charge in [-0.15, -0.1) is 0 Å². The van der Waals surface area contributed by atoms with Crippen LogP contribution in [0.25, 0.3) is 11.3 Å². The highest BCUT2D eigenvalue weighted by Gasteiger charge is 2.20. The van der Waals surface area contributed by atoms with Crippen LogP contribution in [-0.2, 0) is 10.0 Å². The van der Waals surface area contributed by atoms with E-state index < -0.39 is 15.3 Å². The third-order valence-electron chi connectivity index (χ3n) is 2.67. The summed E-state index contributed by atoms with van der Waals surface area (Å²) in [6, 6.07) is 0. The number of nitrogens with zero attached hydrogens (tertiary/aromatic N) is 4. The Hall–Kier alpha value is -2.16. The predicted molar refractivity (Wildman–Crippen MR) is 73.7 cm³/mol. The fourth-order valence-electron chi connectivity index (χ4n) is 1.46. The summed E-state index contributed by atoms with van der Waals surface area (Å²) in [5, 5.41) is 3.28. The van der Waals surface area contributed by atoms with Crippen molar-refractivity contribution < 1.29 is 13.2 Å². The Morgan fingerprint density at radius 1 is 1.35 bits per heavy atom. The van der Waals surface area contributed by atoms with Gasteiger partial charge >= 0.3 is 0 Å². The van der Waals surface area contributed by atoms with Crippen LogP contribution in [0.4, 0.5) is 5.82 Å². The van der Waals surface area contributed by atoms with Crippen LogP contribution in [0.2, 0.25) is 0 Å². The molecule has 0 radical (unpaired) electrons. The molecule has 0 saturated carbocycles. The van der Waals surface area contributed by atoms with E-state index in [4.69, 9.17) is 10.5 Å². The number of methoxy groups -OCH3 is 1. The monoisotopic (exact) mass is 297 g/mol. The van der Waals surface area contributed by atoms with E-state index in [1.807, 2.05) is 0 Å². The summed E-state index contributed by atoms with van der Waals surface area (Å²) in [4.78, 5) is 8.08. The van der Waals surface area contributed by atoms with Crippen LogP contribution in [0.15, 0.2) is 18.6 Å². The highest BCUT2D eigenvalue weighted by molar-refractivity contribution is 7.90. The van der Waals surface area contributed by atoms with Gasteiger partial charge in [0.15, 0.2) is 5.82 Å². The van der Waals surface area contributed by atoms with E-state index in [2.05, 4.69) is 15.1 Å². The number of hydrogen-bond donors (Lipinski definition) is 1. The molecule has 108 valence electrons. The van der Waals surface area contributed by atoms with Crippen LogP contribution >= 0.6 is 0 Å². The highest BCUT2D eigenvalue weighted by Crippen LogP contribution is 2.22. The second kappa shape index (κ2) is 5.08. The zero-order chi connectivity index (χ0) is 14.9. The Morgan fingerprint density at radius 3 is 2.65 bits per heavy atom. The molecule has 0 aliphatic rings. The maximum Gasteiger partial charge on any atom is 0.257 e. The van der Waals surface area contributed by atoms with Crippen LogP contribution in [-0.4, -0.2) is 39.9 Å². The number of nitrogen functional groups attached to an aromatic ring is 1. The number of hydrogen-bond acceptors (Lipinski definition) is 7. The molecule has 0 atom stereocenters. The highest BCUT2D eigenvalue weighted by atomic mass is 32.2. The van der Waals surface area contributed by atoms with E-state index in [9.17, 15) is 8.42 Å². The Kier molecular flexibility index (Phi) is 3.62. The summed E-state index contributed by atoms with van der Waals surface area (Å²) in [6.07, 6.45) is 4.22. The van der Waals surface area contributed by atoms with Crippen molar-refractivity contribution in [3.05, 3.63) is 18.6 Å². The van der Waals surface area contributed by atoms with Crippen molar-refractivity contribution in [1.82, 2.24) is 19.2 Å². The maximum atomic E-state index is 12.0. The van der Waals surface area contributed by atoms with Crippen molar-refractivity contribution in [3.8, 4) is 17.1 Å². The van der Waals surface area contributed by atoms with Crippen molar-refractivity contribution in [2.24, 2.45) is 0 Å². The van der Waals surface area contributed by atoms with E-state index >= 15 is 0 Å². The molecule has 0 aromatic carbocycles. The number of ether oxygens (including phenoxy) is 1. The molecule has 0 amide bonds. The second-order valence-electron chi connectivity index (χ2n) is 4.35. The minimum absolute atomic E-state index is 0.165. The van der Waals surface area contributed by atoms with Crippen molar-refractivity contribution in [2.75, 3.05) is 12.8 Å². The topological polar surface area (TPSA) is 113 Å². The Balaban J connectivity index is 2.44. The first-order valence-electron chi connectivity index (χ1n) is 5.82. The molecule has 0 unspecified atom stereocenters. The number of rotatable bonds is 4. The van der Waals surface area contributed by atoms with Gasteiger partial charge in [0, 0.05) is 5.56 Å². The molecule has 9 heteroatoms. The minimum Gasteiger partial charge on any atom is -0.478 e. The van der Waals surface area contributed by atoms with Gasteiger partial charge in [-0.05, 0) is 13.8 Å².